The number of amides is 1. The lowest BCUT2D eigenvalue weighted by molar-refractivity contribution is -0.130. The molecule has 0 atom stereocenters. The fourth-order valence-corrected chi connectivity index (χ4v) is 4.62. The van der Waals surface area contributed by atoms with E-state index in [1.54, 1.807) is 12.0 Å². The number of likely N-dealkylation sites (N-methyl/N-ethyl adjacent to an activating group) is 2. The fraction of sp³-hybridized carbons (Fsp3) is 0.545. The number of nitrogens with zero attached hydrogens (tertiary/aromatic N) is 5. The van der Waals surface area contributed by atoms with Crippen LogP contribution in [0.25, 0.3) is 11.3 Å². The van der Waals surface area contributed by atoms with E-state index >= 15 is 0 Å². The van der Waals surface area contributed by atoms with Crippen molar-refractivity contribution < 1.29 is 9.53 Å². The van der Waals surface area contributed by atoms with Crippen molar-refractivity contribution in [1.82, 2.24) is 24.3 Å². The van der Waals surface area contributed by atoms with Gasteiger partial charge in [-0.2, -0.15) is 0 Å². The number of aromatic nitrogens is 2. The number of benzene rings is 1. The number of piperidine rings is 1. The van der Waals surface area contributed by atoms with Gasteiger partial charge in [-0.3, -0.25) is 14.6 Å². The fourth-order valence-electron chi connectivity index (χ4n) is 4.62. The van der Waals surface area contributed by atoms with Crippen LogP contribution in [0.15, 0.2) is 30.5 Å². The van der Waals surface area contributed by atoms with Crippen molar-refractivity contribution in [3.63, 3.8) is 0 Å². The summed E-state index contributed by atoms with van der Waals surface area (Å²) in [7, 11) is 7.54. The molecule has 0 N–H and O–H groups in total. The van der Waals surface area contributed by atoms with Gasteiger partial charge < -0.3 is 14.2 Å². The summed E-state index contributed by atoms with van der Waals surface area (Å²) in [5.41, 5.74) is 2.28. The first-order chi connectivity index (χ1) is 13.9. The topological polar surface area (TPSA) is 53.8 Å². The molecule has 1 amide bonds. The molecule has 0 saturated carbocycles. The number of carbonyl (C=O) groups excluding carboxylic acids is 1. The number of methoxy groups -OCH3 is 1. The Hall–Kier alpha value is -2.38. The van der Waals surface area contributed by atoms with Crippen molar-refractivity contribution in [2.45, 2.75) is 24.9 Å². The summed E-state index contributed by atoms with van der Waals surface area (Å²) < 4.78 is 7.69. The number of likely N-dealkylation sites (tertiary alicyclic amines) is 1. The number of rotatable bonds is 4. The summed E-state index contributed by atoms with van der Waals surface area (Å²) in [5.74, 6) is 2.19. The molecule has 1 aromatic heterocycles. The standard InChI is InChI=1S/C22H31N5O2/c1-24(2)20(28)16-26-11-9-22(10-12-26)21-23-15-19(27(21)14-13-25(22)3)17-5-7-18(29-4)8-6-17/h5-8,15H,9-14,16H2,1-4H3. The van der Waals surface area contributed by atoms with Gasteiger partial charge in [0.15, 0.2) is 0 Å². The highest BCUT2D eigenvalue weighted by molar-refractivity contribution is 5.77. The third-order valence-corrected chi connectivity index (χ3v) is 6.59. The van der Waals surface area contributed by atoms with Gasteiger partial charge in [0.25, 0.3) is 0 Å². The second-order valence-corrected chi connectivity index (χ2v) is 8.36. The van der Waals surface area contributed by atoms with Crippen LogP contribution < -0.4 is 4.74 Å². The van der Waals surface area contributed by atoms with Crippen LogP contribution in [0.1, 0.15) is 18.7 Å². The SMILES string of the molecule is COc1ccc(-c2cnc3n2CCN(C)C32CCN(CC(=O)N(C)C)CC2)cc1. The average molecular weight is 398 g/mol. The van der Waals surface area contributed by atoms with E-state index in [-0.39, 0.29) is 11.4 Å². The van der Waals surface area contributed by atoms with Gasteiger partial charge in [-0.1, -0.05) is 0 Å². The quantitative estimate of drug-likeness (QED) is 0.789. The van der Waals surface area contributed by atoms with E-state index in [4.69, 9.17) is 9.72 Å². The van der Waals surface area contributed by atoms with Gasteiger partial charge in [-0.25, -0.2) is 4.98 Å². The average Bonchev–Trinajstić information content (AvgIpc) is 3.17. The molecule has 0 bridgehead atoms. The van der Waals surface area contributed by atoms with E-state index in [2.05, 4.69) is 33.5 Å². The molecule has 2 aromatic rings. The lowest BCUT2D eigenvalue weighted by atomic mass is 9.83. The Bertz CT molecular complexity index is 866. The van der Waals surface area contributed by atoms with E-state index in [1.807, 2.05) is 32.4 Å². The van der Waals surface area contributed by atoms with E-state index in [0.717, 1.165) is 50.6 Å². The van der Waals surface area contributed by atoms with Crippen LogP contribution in [-0.2, 0) is 16.9 Å². The molecule has 0 radical (unpaired) electrons. The third-order valence-electron chi connectivity index (χ3n) is 6.59. The van der Waals surface area contributed by atoms with Crippen LogP contribution in [0, 0.1) is 0 Å². The lowest BCUT2D eigenvalue weighted by Gasteiger charge is -2.49. The summed E-state index contributed by atoms with van der Waals surface area (Å²) in [6.45, 7) is 4.27. The molecule has 1 saturated heterocycles. The maximum Gasteiger partial charge on any atom is 0.236 e. The molecule has 7 heteroatoms. The number of ether oxygens (including phenoxy) is 1. The van der Waals surface area contributed by atoms with Gasteiger partial charge in [0.2, 0.25) is 5.91 Å². The number of hydrogen-bond donors (Lipinski definition) is 0. The van der Waals surface area contributed by atoms with Gasteiger partial charge in [-0.05, 0) is 44.2 Å². The first-order valence-corrected chi connectivity index (χ1v) is 10.3. The van der Waals surface area contributed by atoms with Crippen molar-refractivity contribution in [3.8, 4) is 17.0 Å². The molecule has 1 aromatic carbocycles. The van der Waals surface area contributed by atoms with Gasteiger partial charge in [0.05, 0.1) is 31.1 Å². The van der Waals surface area contributed by atoms with Gasteiger partial charge in [-0.15, -0.1) is 0 Å². The zero-order valence-corrected chi connectivity index (χ0v) is 17.9. The minimum atomic E-state index is -0.0549. The minimum Gasteiger partial charge on any atom is -0.497 e. The van der Waals surface area contributed by atoms with E-state index in [9.17, 15) is 4.79 Å². The second-order valence-electron chi connectivity index (χ2n) is 8.36. The maximum atomic E-state index is 12.1. The molecule has 0 unspecified atom stereocenters. The summed E-state index contributed by atoms with van der Waals surface area (Å²) in [5, 5.41) is 0. The summed E-state index contributed by atoms with van der Waals surface area (Å²) >= 11 is 0. The normalized spacial score (nSPS) is 19.2. The molecule has 7 nitrogen and oxygen atoms in total. The third kappa shape index (κ3) is 3.53. The summed E-state index contributed by atoms with van der Waals surface area (Å²) in [6, 6.07) is 8.20. The van der Waals surface area contributed by atoms with E-state index < -0.39 is 0 Å². The van der Waals surface area contributed by atoms with Crippen LogP contribution in [0.4, 0.5) is 0 Å². The Morgan fingerprint density at radius 2 is 1.83 bits per heavy atom. The van der Waals surface area contributed by atoms with Gasteiger partial charge in [0, 0.05) is 45.8 Å². The van der Waals surface area contributed by atoms with Crippen molar-refractivity contribution in [2.75, 3.05) is 54.4 Å². The molecular weight excluding hydrogens is 366 g/mol. The number of imidazole rings is 1. The zero-order chi connectivity index (χ0) is 20.6. The lowest BCUT2D eigenvalue weighted by Crippen LogP contribution is -2.57. The predicted molar refractivity (Wildman–Crippen MR) is 113 cm³/mol. The summed E-state index contributed by atoms with van der Waals surface area (Å²) in [6.07, 6.45) is 3.99. The summed E-state index contributed by atoms with van der Waals surface area (Å²) in [4.78, 5) is 23.4. The van der Waals surface area contributed by atoms with Crippen molar-refractivity contribution in [3.05, 3.63) is 36.3 Å². The molecule has 0 aliphatic carbocycles. The Balaban J connectivity index is 1.58. The highest BCUT2D eigenvalue weighted by Gasteiger charge is 2.45. The van der Waals surface area contributed by atoms with Crippen molar-refractivity contribution in [1.29, 1.82) is 0 Å². The zero-order valence-electron chi connectivity index (χ0n) is 17.9. The highest BCUT2D eigenvalue weighted by Crippen LogP contribution is 2.41. The first kappa shape index (κ1) is 19.9. The molecule has 2 aliphatic heterocycles. The van der Waals surface area contributed by atoms with Crippen LogP contribution in [0.5, 0.6) is 5.75 Å². The monoisotopic (exact) mass is 397 g/mol. The molecule has 29 heavy (non-hydrogen) atoms. The van der Waals surface area contributed by atoms with Crippen LogP contribution in [0.3, 0.4) is 0 Å². The molecule has 3 heterocycles. The largest absolute Gasteiger partial charge is 0.497 e. The molecule has 156 valence electrons. The van der Waals surface area contributed by atoms with Crippen LogP contribution in [0.2, 0.25) is 0 Å². The van der Waals surface area contributed by atoms with E-state index in [0.29, 0.717) is 6.54 Å². The number of hydrogen-bond acceptors (Lipinski definition) is 5. The first-order valence-electron chi connectivity index (χ1n) is 10.3. The molecular formula is C22H31N5O2. The van der Waals surface area contributed by atoms with Crippen molar-refractivity contribution in [2.24, 2.45) is 0 Å². The number of fused-ring (bicyclic) bond motifs is 2. The number of carbonyl (C=O) groups is 1. The van der Waals surface area contributed by atoms with Gasteiger partial charge >= 0.3 is 0 Å². The van der Waals surface area contributed by atoms with Crippen LogP contribution in [-0.4, -0.2) is 84.6 Å². The minimum absolute atomic E-state index is 0.0549. The van der Waals surface area contributed by atoms with Crippen molar-refractivity contribution >= 4 is 5.91 Å². The Labute approximate surface area is 172 Å². The predicted octanol–water partition coefficient (Wildman–Crippen LogP) is 1.88. The highest BCUT2D eigenvalue weighted by atomic mass is 16.5. The second kappa shape index (κ2) is 7.80. The molecule has 1 spiro atoms. The van der Waals surface area contributed by atoms with E-state index in [1.165, 1.54) is 11.3 Å². The van der Waals surface area contributed by atoms with Gasteiger partial charge in [0.1, 0.15) is 11.6 Å². The smallest absolute Gasteiger partial charge is 0.236 e. The molecule has 4 rings (SSSR count). The Morgan fingerprint density at radius 3 is 2.45 bits per heavy atom. The Kier molecular flexibility index (Phi) is 5.36. The van der Waals surface area contributed by atoms with Crippen LogP contribution >= 0.6 is 0 Å². The molecule has 2 aliphatic rings. The molecule has 1 fully saturated rings. The Morgan fingerprint density at radius 1 is 1.14 bits per heavy atom. The maximum absolute atomic E-state index is 12.1.